The van der Waals surface area contributed by atoms with Crippen LogP contribution in [0.5, 0.6) is 0 Å². The van der Waals surface area contributed by atoms with E-state index in [1.165, 1.54) is 5.56 Å². The first kappa shape index (κ1) is 21.4. The first-order valence-corrected chi connectivity index (χ1v) is 9.80. The van der Waals surface area contributed by atoms with Gasteiger partial charge in [-0.15, -0.1) is 0 Å². The van der Waals surface area contributed by atoms with Crippen LogP contribution in [0.2, 0.25) is 0 Å². The second-order valence-electron chi connectivity index (χ2n) is 6.73. The SMILES string of the molecule is COCCNCCCc1ccc(-c2cnc(N)c(C(=O)Nc3cccnc3)n2)cc1. The van der Waals surface area contributed by atoms with Gasteiger partial charge in [-0.05, 0) is 37.1 Å². The van der Waals surface area contributed by atoms with E-state index >= 15 is 0 Å². The molecule has 3 aromatic rings. The summed E-state index contributed by atoms with van der Waals surface area (Å²) in [5.74, 6) is -0.342. The maximum absolute atomic E-state index is 12.5. The van der Waals surface area contributed by atoms with Gasteiger partial charge in [-0.25, -0.2) is 9.97 Å². The van der Waals surface area contributed by atoms with Gasteiger partial charge < -0.3 is 21.1 Å². The van der Waals surface area contributed by atoms with Crippen molar-refractivity contribution in [2.24, 2.45) is 0 Å². The van der Waals surface area contributed by atoms with E-state index in [0.717, 1.165) is 38.1 Å². The highest BCUT2D eigenvalue weighted by Crippen LogP contribution is 2.20. The molecule has 0 saturated carbocycles. The van der Waals surface area contributed by atoms with Gasteiger partial charge in [0, 0.05) is 25.4 Å². The highest BCUT2D eigenvalue weighted by atomic mass is 16.5. The molecular weight excluding hydrogens is 380 g/mol. The maximum atomic E-state index is 12.5. The lowest BCUT2D eigenvalue weighted by molar-refractivity contribution is 0.102. The number of aromatic nitrogens is 3. The van der Waals surface area contributed by atoms with Gasteiger partial charge >= 0.3 is 0 Å². The van der Waals surface area contributed by atoms with E-state index < -0.39 is 5.91 Å². The van der Waals surface area contributed by atoms with Crippen LogP contribution in [0, 0.1) is 0 Å². The number of hydrogen-bond donors (Lipinski definition) is 3. The van der Waals surface area contributed by atoms with Crippen molar-refractivity contribution < 1.29 is 9.53 Å². The Morgan fingerprint density at radius 2 is 1.97 bits per heavy atom. The first-order valence-electron chi connectivity index (χ1n) is 9.80. The average molecular weight is 406 g/mol. The number of nitrogens with zero attached hydrogens (tertiary/aromatic N) is 3. The molecule has 0 bridgehead atoms. The second kappa shape index (κ2) is 11.0. The number of rotatable bonds is 10. The molecule has 0 unspecified atom stereocenters. The Bertz CT molecular complexity index is 948. The third-order valence-corrected chi connectivity index (χ3v) is 4.49. The fourth-order valence-electron chi connectivity index (χ4n) is 2.89. The standard InChI is InChI=1S/C22H26N6O2/c1-30-13-12-24-10-2-4-16-6-8-17(9-7-16)19-15-26-21(23)20(28-19)22(29)27-18-5-3-11-25-14-18/h3,5-9,11,14-15,24H,2,4,10,12-13H2,1H3,(H2,23,26)(H,27,29). The third kappa shape index (κ3) is 6.07. The lowest BCUT2D eigenvalue weighted by Crippen LogP contribution is -2.20. The summed E-state index contributed by atoms with van der Waals surface area (Å²) in [6.45, 7) is 2.53. The maximum Gasteiger partial charge on any atom is 0.278 e. The number of carbonyl (C=O) groups is 1. The lowest BCUT2D eigenvalue weighted by Gasteiger charge is -2.09. The monoisotopic (exact) mass is 406 g/mol. The number of nitrogen functional groups attached to an aromatic ring is 1. The number of methoxy groups -OCH3 is 1. The third-order valence-electron chi connectivity index (χ3n) is 4.49. The molecule has 30 heavy (non-hydrogen) atoms. The van der Waals surface area contributed by atoms with Gasteiger partial charge in [-0.3, -0.25) is 9.78 Å². The highest BCUT2D eigenvalue weighted by molar-refractivity contribution is 6.05. The summed E-state index contributed by atoms with van der Waals surface area (Å²) < 4.78 is 5.01. The lowest BCUT2D eigenvalue weighted by atomic mass is 10.1. The molecule has 0 aliphatic heterocycles. The predicted octanol–water partition coefficient (Wildman–Crippen LogP) is 2.54. The van der Waals surface area contributed by atoms with E-state index in [4.69, 9.17) is 10.5 Å². The van der Waals surface area contributed by atoms with E-state index in [0.29, 0.717) is 11.4 Å². The van der Waals surface area contributed by atoms with Gasteiger partial charge in [0.2, 0.25) is 0 Å². The molecule has 0 aliphatic carbocycles. The molecule has 0 radical (unpaired) electrons. The van der Waals surface area contributed by atoms with Gasteiger partial charge in [0.15, 0.2) is 11.5 Å². The molecule has 3 rings (SSSR count). The zero-order valence-electron chi connectivity index (χ0n) is 17.0. The molecule has 2 aromatic heterocycles. The van der Waals surface area contributed by atoms with Crippen LogP contribution in [0.1, 0.15) is 22.5 Å². The quantitative estimate of drug-likeness (QED) is 0.443. The van der Waals surface area contributed by atoms with Crippen LogP contribution in [0.15, 0.2) is 55.0 Å². The molecule has 0 spiro atoms. The molecule has 1 amide bonds. The molecule has 0 saturated heterocycles. The summed E-state index contributed by atoms with van der Waals surface area (Å²) in [4.78, 5) is 25.1. The second-order valence-corrected chi connectivity index (χ2v) is 6.73. The number of ether oxygens (including phenoxy) is 1. The van der Waals surface area contributed by atoms with Gasteiger partial charge in [-0.1, -0.05) is 24.3 Å². The summed E-state index contributed by atoms with van der Waals surface area (Å²) >= 11 is 0. The van der Waals surface area contributed by atoms with Crippen LogP contribution >= 0.6 is 0 Å². The van der Waals surface area contributed by atoms with E-state index in [1.807, 2.05) is 12.1 Å². The predicted molar refractivity (Wildman–Crippen MR) is 117 cm³/mol. The molecule has 156 valence electrons. The Hall–Kier alpha value is -3.36. The Kier molecular flexibility index (Phi) is 7.82. The summed E-state index contributed by atoms with van der Waals surface area (Å²) in [7, 11) is 1.70. The minimum atomic E-state index is -0.424. The number of pyridine rings is 1. The zero-order chi connectivity index (χ0) is 21.2. The number of amides is 1. The fourth-order valence-corrected chi connectivity index (χ4v) is 2.89. The molecule has 2 heterocycles. The molecule has 4 N–H and O–H groups in total. The van der Waals surface area contributed by atoms with Crippen molar-refractivity contribution >= 4 is 17.4 Å². The van der Waals surface area contributed by atoms with Gasteiger partial charge in [0.1, 0.15) is 0 Å². The molecule has 0 aliphatic rings. The number of nitrogens with one attached hydrogen (secondary N) is 2. The Labute approximate surface area is 175 Å². The van der Waals surface area contributed by atoms with Gasteiger partial charge in [-0.2, -0.15) is 0 Å². The van der Waals surface area contributed by atoms with Crippen molar-refractivity contribution in [1.82, 2.24) is 20.3 Å². The van der Waals surface area contributed by atoms with Crippen LogP contribution in [-0.4, -0.2) is 47.7 Å². The molecule has 8 nitrogen and oxygen atoms in total. The number of aryl methyl sites for hydroxylation is 1. The highest BCUT2D eigenvalue weighted by Gasteiger charge is 2.15. The number of carbonyl (C=O) groups excluding carboxylic acids is 1. The average Bonchev–Trinajstić information content (AvgIpc) is 2.77. The fraction of sp³-hybridized carbons (Fsp3) is 0.273. The Balaban J connectivity index is 1.63. The minimum Gasteiger partial charge on any atom is -0.383 e. The molecule has 0 fully saturated rings. The van der Waals surface area contributed by atoms with Crippen molar-refractivity contribution in [2.75, 3.05) is 37.9 Å². The summed E-state index contributed by atoms with van der Waals surface area (Å²) in [6.07, 6.45) is 6.78. The van der Waals surface area contributed by atoms with Crippen LogP contribution in [0.4, 0.5) is 11.5 Å². The van der Waals surface area contributed by atoms with Crippen molar-refractivity contribution in [3.05, 3.63) is 66.2 Å². The molecule has 8 heteroatoms. The van der Waals surface area contributed by atoms with E-state index in [1.54, 1.807) is 37.8 Å². The van der Waals surface area contributed by atoms with Crippen molar-refractivity contribution in [1.29, 1.82) is 0 Å². The van der Waals surface area contributed by atoms with E-state index in [-0.39, 0.29) is 11.5 Å². The van der Waals surface area contributed by atoms with Crippen LogP contribution in [0.25, 0.3) is 11.3 Å². The Morgan fingerprint density at radius 1 is 1.13 bits per heavy atom. The van der Waals surface area contributed by atoms with Crippen LogP contribution < -0.4 is 16.4 Å². The smallest absolute Gasteiger partial charge is 0.278 e. The van der Waals surface area contributed by atoms with E-state index in [9.17, 15) is 4.79 Å². The van der Waals surface area contributed by atoms with Gasteiger partial charge in [0.25, 0.3) is 5.91 Å². The van der Waals surface area contributed by atoms with Crippen LogP contribution in [0.3, 0.4) is 0 Å². The summed E-state index contributed by atoms with van der Waals surface area (Å²) in [6, 6.07) is 11.6. The topological polar surface area (TPSA) is 115 Å². The van der Waals surface area contributed by atoms with Crippen LogP contribution in [-0.2, 0) is 11.2 Å². The van der Waals surface area contributed by atoms with Crippen molar-refractivity contribution in [3.8, 4) is 11.3 Å². The number of hydrogen-bond acceptors (Lipinski definition) is 7. The van der Waals surface area contributed by atoms with Crippen molar-refractivity contribution in [2.45, 2.75) is 12.8 Å². The molecule has 0 atom stereocenters. The minimum absolute atomic E-state index is 0.0812. The zero-order valence-corrected chi connectivity index (χ0v) is 17.0. The number of anilines is 2. The number of nitrogens with two attached hydrogens (primary N) is 1. The molecule has 1 aromatic carbocycles. The number of benzene rings is 1. The summed E-state index contributed by atoms with van der Waals surface area (Å²) in [5, 5.41) is 6.07. The normalized spacial score (nSPS) is 10.7. The molecular formula is C22H26N6O2. The van der Waals surface area contributed by atoms with E-state index in [2.05, 4.69) is 37.7 Å². The first-order chi connectivity index (χ1) is 14.7. The van der Waals surface area contributed by atoms with Gasteiger partial charge in [0.05, 0.1) is 30.4 Å². The largest absolute Gasteiger partial charge is 0.383 e. The Morgan fingerprint density at radius 3 is 2.70 bits per heavy atom. The van der Waals surface area contributed by atoms with Crippen molar-refractivity contribution in [3.63, 3.8) is 0 Å². The summed E-state index contributed by atoms with van der Waals surface area (Å²) in [5.41, 5.74) is 9.24.